The van der Waals surface area contributed by atoms with Crippen molar-refractivity contribution >= 4 is 23.2 Å². The van der Waals surface area contributed by atoms with Crippen molar-refractivity contribution in [1.82, 2.24) is 10.2 Å². The predicted molar refractivity (Wildman–Crippen MR) is 58.4 cm³/mol. The molecule has 1 aromatic heterocycles. The molecular weight excluding hydrogens is 230 g/mol. The van der Waals surface area contributed by atoms with Crippen molar-refractivity contribution in [2.75, 3.05) is 5.32 Å². The number of nitrogens with zero attached hydrogens (tertiary/aromatic N) is 2. The topological polar surface area (TPSA) is 68.0 Å². The molecule has 82 valence electrons. The van der Waals surface area contributed by atoms with Crippen molar-refractivity contribution in [2.45, 2.75) is 6.92 Å². The minimum atomic E-state index is -0.456. The minimum Gasteiger partial charge on any atom is -0.417 e. The second kappa shape index (κ2) is 4.32. The molecule has 0 atom stereocenters. The maximum Gasteiger partial charge on any atom is 0.313 e. The fourth-order valence-corrected chi connectivity index (χ4v) is 1.33. The normalized spacial score (nSPS) is 10.1. The van der Waals surface area contributed by atoms with Gasteiger partial charge in [-0.05, 0) is 18.2 Å². The molecule has 1 N–H and O–H groups in total. The highest BCUT2D eigenvalue weighted by Crippen LogP contribution is 2.15. The Bertz CT molecular complexity index is 524. The highest BCUT2D eigenvalue weighted by molar-refractivity contribution is 6.30. The maximum absolute atomic E-state index is 11.6. The molecule has 0 spiro atoms. The monoisotopic (exact) mass is 237 g/mol. The zero-order chi connectivity index (χ0) is 11.5. The van der Waals surface area contributed by atoms with Gasteiger partial charge in [-0.15, -0.1) is 10.2 Å². The molecule has 0 radical (unpaired) electrons. The molecule has 1 amide bonds. The van der Waals surface area contributed by atoms with Crippen LogP contribution in [0.3, 0.4) is 0 Å². The van der Waals surface area contributed by atoms with E-state index in [-0.39, 0.29) is 5.89 Å². The van der Waals surface area contributed by atoms with Crippen LogP contribution in [-0.2, 0) is 0 Å². The lowest BCUT2D eigenvalue weighted by molar-refractivity contribution is 0.0989. The third kappa shape index (κ3) is 2.38. The second-order valence-electron chi connectivity index (χ2n) is 3.09. The highest BCUT2D eigenvalue weighted by atomic mass is 35.5. The van der Waals surface area contributed by atoms with Crippen molar-refractivity contribution in [3.05, 3.63) is 41.1 Å². The quantitative estimate of drug-likeness (QED) is 0.870. The van der Waals surface area contributed by atoms with Crippen LogP contribution in [0.1, 0.15) is 16.6 Å². The summed E-state index contributed by atoms with van der Waals surface area (Å²) in [5.74, 6) is -0.184. The first-order valence-electron chi connectivity index (χ1n) is 4.52. The summed E-state index contributed by atoms with van der Waals surface area (Å²) in [7, 11) is 0. The summed E-state index contributed by atoms with van der Waals surface area (Å²) in [5, 5.41) is 10.3. The molecule has 0 saturated carbocycles. The zero-order valence-electron chi connectivity index (χ0n) is 8.40. The van der Waals surface area contributed by atoms with E-state index >= 15 is 0 Å². The summed E-state index contributed by atoms with van der Waals surface area (Å²) in [5.41, 5.74) is 0.577. The fraction of sp³-hybridized carbons (Fsp3) is 0.100. The van der Waals surface area contributed by atoms with Gasteiger partial charge in [-0.3, -0.25) is 4.79 Å². The van der Waals surface area contributed by atoms with E-state index in [0.29, 0.717) is 16.6 Å². The molecule has 0 bridgehead atoms. The lowest BCUT2D eigenvalue weighted by atomic mass is 10.3. The van der Waals surface area contributed by atoms with Crippen LogP contribution in [0.5, 0.6) is 0 Å². The third-order valence-corrected chi connectivity index (χ3v) is 2.04. The molecule has 0 unspecified atom stereocenters. The Balaban J connectivity index is 2.13. The SMILES string of the molecule is Cc1nnc(C(=O)Nc2cccc(Cl)c2)o1. The van der Waals surface area contributed by atoms with E-state index < -0.39 is 5.91 Å². The number of hydrogen-bond acceptors (Lipinski definition) is 4. The Morgan fingerprint density at radius 1 is 1.44 bits per heavy atom. The number of rotatable bonds is 2. The van der Waals surface area contributed by atoms with Crippen LogP contribution in [0.2, 0.25) is 5.02 Å². The van der Waals surface area contributed by atoms with Gasteiger partial charge in [0.05, 0.1) is 0 Å². The number of anilines is 1. The number of carbonyl (C=O) groups is 1. The zero-order valence-corrected chi connectivity index (χ0v) is 9.15. The van der Waals surface area contributed by atoms with Gasteiger partial charge in [-0.2, -0.15) is 0 Å². The molecule has 0 aliphatic heterocycles. The standard InChI is InChI=1S/C10H8ClN3O2/c1-6-13-14-10(16-6)9(15)12-8-4-2-3-7(11)5-8/h2-5H,1H3,(H,12,15). The largest absolute Gasteiger partial charge is 0.417 e. The van der Waals surface area contributed by atoms with E-state index in [4.69, 9.17) is 16.0 Å². The molecule has 2 rings (SSSR count). The van der Waals surface area contributed by atoms with E-state index in [1.54, 1.807) is 31.2 Å². The van der Waals surface area contributed by atoms with Crippen LogP contribution in [0, 0.1) is 6.92 Å². The van der Waals surface area contributed by atoms with E-state index in [1.165, 1.54) is 0 Å². The second-order valence-corrected chi connectivity index (χ2v) is 3.53. The molecule has 0 aliphatic rings. The van der Waals surface area contributed by atoms with Crippen LogP contribution in [0.15, 0.2) is 28.7 Å². The Hall–Kier alpha value is -1.88. The van der Waals surface area contributed by atoms with E-state index in [0.717, 1.165) is 0 Å². The van der Waals surface area contributed by atoms with Gasteiger partial charge in [-0.1, -0.05) is 17.7 Å². The van der Waals surface area contributed by atoms with Crippen LogP contribution >= 0.6 is 11.6 Å². The molecule has 16 heavy (non-hydrogen) atoms. The first kappa shape index (κ1) is 10.6. The Labute approximate surface area is 96.4 Å². The average molecular weight is 238 g/mol. The van der Waals surface area contributed by atoms with Gasteiger partial charge >= 0.3 is 11.8 Å². The van der Waals surface area contributed by atoms with Gasteiger partial charge in [0.1, 0.15) is 0 Å². The molecule has 0 fully saturated rings. The van der Waals surface area contributed by atoms with Gasteiger partial charge in [0, 0.05) is 17.6 Å². The van der Waals surface area contributed by atoms with Crippen LogP contribution in [0.4, 0.5) is 5.69 Å². The van der Waals surface area contributed by atoms with Crippen molar-refractivity contribution in [3.8, 4) is 0 Å². The predicted octanol–water partition coefficient (Wildman–Crippen LogP) is 2.28. The summed E-state index contributed by atoms with van der Waals surface area (Å²) in [6.07, 6.45) is 0. The summed E-state index contributed by atoms with van der Waals surface area (Å²) < 4.78 is 4.98. The molecule has 0 aliphatic carbocycles. The molecule has 1 aromatic carbocycles. The lowest BCUT2D eigenvalue weighted by Crippen LogP contribution is -2.12. The number of carbonyl (C=O) groups excluding carboxylic acids is 1. The summed E-state index contributed by atoms with van der Waals surface area (Å²) in [4.78, 5) is 11.6. The highest BCUT2D eigenvalue weighted by Gasteiger charge is 2.13. The Kier molecular flexibility index (Phi) is 2.87. The fourth-order valence-electron chi connectivity index (χ4n) is 1.14. The van der Waals surface area contributed by atoms with Gasteiger partial charge in [-0.25, -0.2) is 0 Å². The van der Waals surface area contributed by atoms with Crippen molar-refractivity contribution in [1.29, 1.82) is 0 Å². The van der Waals surface area contributed by atoms with E-state index in [1.807, 2.05) is 0 Å². The van der Waals surface area contributed by atoms with Crippen molar-refractivity contribution in [3.63, 3.8) is 0 Å². The number of aryl methyl sites for hydroxylation is 1. The first-order valence-corrected chi connectivity index (χ1v) is 4.90. The van der Waals surface area contributed by atoms with Gasteiger partial charge in [0.25, 0.3) is 0 Å². The Morgan fingerprint density at radius 3 is 2.88 bits per heavy atom. The minimum absolute atomic E-state index is 0.0718. The molecule has 2 aromatic rings. The molecule has 5 nitrogen and oxygen atoms in total. The number of halogens is 1. The molecular formula is C10H8ClN3O2. The maximum atomic E-state index is 11.6. The van der Waals surface area contributed by atoms with Crippen LogP contribution < -0.4 is 5.32 Å². The third-order valence-electron chi connectivity index (χ3n) is 1.80. The molecule has 1 heterocycles. The number of benzene rings is 1. The van der Waals surface area contributed by atoms with Gasteiger partial charge < -0.3 is 9.73 Å². The molecule has 6 heteroatoms. The summed E-state index contributed by atoms with van der Waals surface area (Å²) >= 11 is 5.78. The number of hydrogen-bond donors (Lipinski definition) is 1. The summed E-state index contributed by atoms with van der Waals surface area (Å²) in [6.45, 7) is 1.61. The molecule has 0 saturated heterocycles. The van der Waals surface area contributed by atoms with Gasteiger partial charge in [0.15, 0.2) is 0 Å². The smallest absolute Gasteiger partial charge is 0.313 e. The lowest BCUT2D eigenvalue weighted by Gasteiger charge is -2.01. The number of aromatic nitrogens is 2. The van der Waals surface area contributed by atoms with E-state index in [2.05, 4.69) is 15.5 Å². The first-order chi connectivity index (χ1) is 7.65. The summed E-state index contributed by atoms with van der Waals surface area (Å²) in [6, 6.07) is 6.79. The Morgan fingerprint density at radius 2 is 2.25 bits per heavy atom. The number of nitrogens with one attached hydrogen (secondary N) is 1. The average Bonchev–Trinajstić information content (AvgIpc) is 2.65. The van der Waals surface area contributed by atoms with Crippen molar-refractivity contribution in [2.24, 2.45) is 0 Å². The van der Waals surface area contributed by atoms with Crippen LogP contribution in [0.25, 0.3) is 0 Å². The van der Waals surface area contributed by atoms with Gasteiger partial charge in [0.2, 0.25) is 5.89 Å². The van der Waals surface area contributed by atoms with E-state index in [9.17, 15) is 4.79 Å². The van der Waals surface area contributed by atoms with Crippen LogP contribution in [-0.4, -0.2) is 16.1 Å². The number of amides is 1. The van der Waals surface area contributed by atoms with Crippen molar-refractivity contribution < 1.29 is 9.21 Å².